The van der Waals surface area contributed by atoms with Crippen LogP contribution in [0.1, 0.15) is 47.5 Å². The molecule has 2 aliphatic heterocycles. The van der Waals surface area contributed by atoms with Crippen LogP contribution in [0.25, 0.3) is 11.0 Å². The van der Waals surface area contributed by atoms with Crippen molar-refractivity contribution >= 4 is 22.8 Å². The van der Waals surface area contributed by atoms with E-state index in [1.807, 2.05) is 29.3 Å². The highest BCUT2D eigenvalue weighted by atomic mass is 16.2. The van der Waals surface area contributed by atoms with E-state index >= 15 is 0 Å². The van der Waals surface area contributed by atoms with E-state index < -0.39 is 5.54 Å². The first-order chi connectivity index (χ1) is 12.7. The first-order valence-corrected chi connectivity index (χ1v) is 9.98. The van der Waals surface area contributed by atoms with Crippen LogP contribution in [0.3, 0.4) is 0 Å². The molecule has 7 heteroatoms. The quantitative estimate of drug-likeness (QED) is 0.840. The highest BCUT2D eigenvalue weighted by Gasteiger charge is 2.45. The second-order valence-corrected chi connectivity index (χ2v) is 9.56. The number of anilines is 1. The van der Waals surface area contributed by atoms with Gasteiger partial charge in [0.15, 0.2) is 5.54 Å². The molecule has 0 saturated carbocycles. The minimum absolute atomic E-state index is 0.00808. The standard InChI is InChI=1S/C20H30N6O/c1-19(2,3)14-6-8-24(9-7-14)10-11-26-16-15(12-22-26)17-23-18(27)20(4,5)25(17)13-21-16/h12-14H,6-11H2,1-5H3/p+1. The lowest BCUT2D eigenvalue weighted by atomic mass is 9.75. The maximum atomic E-state index is 12.2. The van der Waals surface area contributed by atoms with Gasteiger partial charge in [0, 0.05) is 6.54 Å². The number of rotatable bonds is 3. The van der Waals surface area contributed by atoms with Crippen LogP contribution >= 0.6 is 0 Å². The molecular weight excluding hydrogens is 340 g/mol. The number of piperidine rings is 1. The van der Waals surface area contributed by atoms with E-state index in [9.17, 15) is 4.79 Å². The Hall–Kier alpha value is -2.02. The van der Waals surface area contributed by atoms with Crippen LogP contribution in [0, 0.1) is 11.3 Å². The Balaban J connectivity index is 1.46. The second kappa shape index (κ2) is 6.26. The van der Waals surface area contributed by atoms with Crippen molar-refractivity contribution in [1.82, 2.24) is 19.7 Å². The summed E-state index contributed by atoms with van der Waals surface area (Å²) in [6, 6.07) is 0. The third kappa shape index (κ3) is 3.12. The molecule has 2 aromatic heterocycles. The molecule has 0 aromatic carbocycles. The predicted molar refractivity (Wildman–Crippen MR) is 104 cm³/mol. The average molecular weight is 372 g/mol. The fourth-order valence-corrected chi connectivity index (χ4v) is 4.33. The Morgan fingerprint density at radius 1 is 1.26 bits per heavy atom. The lowest BCUT2D eigenvalue weighted by Gasteiger charge is -2.38. The van der Waals surface area contributed by atoms with E-state index in [0.29, 0.717) is 5.41 Å². The number of nitrogens with one attached hydrogen (secondary N) is 1. The summed E-state index contributed by atoms with van der Waals surface area (Å²) in [6.45, 7) is 15.0. The second-order valence-electron chi connectivity index (χ2n) is 9.56. The lowest BCUT2D eigenvalue weighted by Crippen LogP contribution is -2.52. The average Bonchev–Trinajstić information content (AvgIpc) is 3.12. The first kappa shape index (κ1) is 18.3. The lowest BCUT2D eigenvalue weighted by molar-refractivity contribution is -0.723. The zero-order chi connectivity index (χ0) is 19.4. The van der Waals surface area contributed by atoms with Gasteiger partial charge in [-0.15, -0.1) is 0 Å². The molecule has 2 aromatic rings. The summed E-state index contributed by atoms with van der Waals surface area (Å²) in [5.74, 6) is 1.60. The van der Waals surface area contributed by atoms with Crippen molar-refractivity contribution in [2.45, 2.75) is 59.5 Å². The number of hydrogen-bond donors (Lipinski definition) is 1. The fourth-order valence-electron chi connectivity index (χ4n) is 4.33. The third-order valence-electron chi connectivity index (χ3n) is 6.43. The monoisotopic (exact) mass is 371 g/mol. The molecule has 1 saturated heterocycles. The zero-order valence-electron chi connectivity index (χ0n) is 17.1. The largest absolute Gasteiger partial charge is 0.320 e. The topological polar surface area (TPSA) is 66.9 Å². The summed E-state index contributed by atoms with van der Waals surface area (Å²) < 4.78 is 3.87. The highest BCUT2D eigenvalue weighted by Crippen LogP contribution is 2.34. The number of nitrogens with zero attached hydrogens (tertiary/aromatic N) is 5. The Labute approximate surface area is 160 Å². The minimum Gasteiger partial charge on any atom is -0.301 e. The zero-order valence-corrected chi connectivity index (χ0v) is 17.1. The predicted octanol–water partition coefficient (Wildman–Crippen LogP) is 2.16. The number of fused-ring (bicyclic) bond motifs is 3. The van der Waals surface area contributed by atoms with Crippen LogP contribution in [0.4, 0.5) is 5.82 Å². The SMILES string of the molecule is CC(C)(C)C1CCN(CCn2ncc3c4[n+](cnc32)C(C)(C)C(=O)N4)CC1. The van der Waals surface area contributed by atoms with E-state index in [1.54, 1.807) is 6.33 Å². The number of amides is 1. The number of carbonyl (C=O) groups excluding carboxylic acids is 1. The molecule has 0 spiro atoms. The van der Waals surface area contributed by atoms with Crippen molar-refractivity contribution in [2.24, 2.45) is 11.3 Å². The van der Waals surface area contributed by atoms with Gasteiger partial charge >= 0.3 is 5.91 Å². The van der Waals surface area contributed by atoms with Crippen LogP contribution in [-0.2, 0) is 16.9 Å². The summed E-state index contributed by atoms with van der Waals surface area (Å²) in [5, 5.41) is 8.44. The molecule has 27 heavy (non-hydrogen) atoms. The summed E-state index contributed by atoms with van der Waals surface area (Å²) in [5.41, 5.74) is 0.629. The van der Waals surface area contributed by atoms with Gasteiger partial charge in [0.1, 0.15) is 5.39 Å². The van der Waals surface area contributed by atoms with Crippen LogP contribution in [0.5, 0.6) is 0 Å². The van der Waals surface area contributed by atoms with Gasteiger partial charge < -0.3 is 4.90 Å². The van der Waals surface area contributed by atoms with E-state index in [4.69, 9.17) is 0 Å². The molecule has 7 nitrogen and oxygen atoms in total. The van der Waals surface area contributed by atoms with Gasteiger partial charge in [0.05, 0.1) is 12.7 Å². The summed E-state index contributed by atoms with van der Waals surface area (Å²) in [7, 11) is 0. The Bertz CT molecular complexity index is 870. The molecular formula is C20H31N6O+. The molecule has 2 aliphatic rings. The Morgan fingerprint density at radius 2 is 1.96 bits per heavy atom. The Morgan fingerprint density at radius 3 is 2.63 bits per heavy atom. The van der Waals surface area contributed by atoms with Gasteiger partial charge in [-0.25, -0.2) is 14.6 Å². The molecule has 4 heterocycles. The molecule has 0 atom stereocenters. The van der Waals surface area contributed by atoms with E-state index in [0.717, 1.165) is 48.9 Å². The number of likely N-dealkylation sites (tertiary alicyclic amines) is 1. The van der Waals surface area contributed by atoms with Crippen molar-refractivity contribution in [3.8, 4) is 0 Å². The molecule has 1 fully saturated rings. The Kier molecular flexibility index (Phi) is 4.25. The number of aromatic nitrogens is 4. The number of hydrogen-bond acceptors (Lipinski definition) is 4. The van der Waals surface area contributed by atoms with Gasteiger partial charge in [-0.05, 0) is 51.1 Å². The summed E-state index contributed by atoms with van der Waals surface area (Å²) in [4.78, 5) is 19.4. The molecule has 0 unspecified atom stereocenters. The van der Waals surface area contributed by atoms with Crippen molar-refractivity contribution in [1.29, 1.82) is 0 Å². The van der Waals surface area contributed by atoms with E-state index in [-0.39, 0.29) is 5.91 Å². The van der Waals surface area contributed by atoms with Crippen LogP contribution < -0.4 is 9.88 Å². The van der Waals surface area contributed by atoms with Gasteiger partial charge in [-0.2, -0.15) is 5.10 Å². The van der Waals surface area contributed by atoms with Gasteiger partial charge in [-0.1, -0.05) is 25.8 Å². The van der Waals surface area contributed by atoms with Crippen molar-refractivity contribution < 1.29 is 9.36 Å². The first-order valence-electron chi connectivity index (χ1n) is 9.98. The van der Waals surface area contributed by atoms with Crippen molar-refractivity contribution in [3.63, 3.8) is 0 Å². The smallest absolute Gasteiger partial charge is 0.301 e. The molecule has 0 aliphatic carbocycles. The maximum Gasteiger partial charge on any atom is 0.320 e. The molecule has 146 valence electrons. The third-order valence-corrected chi connectivity index (χ3v) is 6.43. The molecule has 0 radical (unpaired) electrons. The normalized spacial score (nSPS) is 20.9. The molecule has 1 N–H and O–H groups in total. The van der Waals surface area contributed by atoms with Crippen LogP contribution in [-0.4, -0.2) is 45.2 Å². The van der Waals surface area contributed by atoms with Crippen molar-refractivity contribution in [2.75, 3.05) is 25.0 Å². The van der Waals surface area contributed by atoms with E-state index in [2.05, 4.69) is 41.1 Å². The van der Waals surface area contributed by atoms with E-state index in [1.165, 1.54) is 12.8 Å². The maximum absolute atomic E-state index is 12.2. The molecule has 4 rings (SSSR count). The summed E-state index contributed by atoms with van der Waals surface area (Å²) >= 11 is 0. The van der Waals surface area contributed by atoms with Gasteiger partial charge in [0.25, 0.3) is 0 Å². The van der Waals surface area contributed by atoms with Gasteiger partial charge in [0.2, 0.25) is 17.8 Å². The highest BCUT2D eigenvalue weighted by molar-refractivity contribution is 6.02. The number of carbonyl (C=O) groups is 1. The van der Waals surface area contributed by atoms with Crippen LogP contribution in [0.2, 0.25) is 0 Å². The minimum atomic E-state index is -0.615. The molecule has 0 bridgehead atoms. The molecule has 1 amide bonds. The summed E-state index contributed by atoms with van der Waals surface area (Å²) in [6.07, 6.45) is 6.12. The van der Waals surface area contributed by atoms with Crippen molar-refractivity contribution in [3.05, 3.63) is 12.5 Å². The van der Waals surface area contributed by atoms with Crippen LogP contribution in [0.15, 0.2) is 12.5 Å². The fraction of sp³-hybridized carbons (Fsp3) is 0.700. The van der Waals surface area contributed by atoms with Gasteiger partial charge in [-0.3, -0.25) is 4.79 Å².